The molecule has 0 aliphatic carbocycles. The van der Waals surface area contributed by atoms with Crippen LogP contribution >= 0.6 is 12.4 Å². The average Bonchev–Trinajstić information content (AvgIpc) is 2.47. The molecule has 1 aliphatic heterocycles. The third-order valence-corrected chi connectivity index (χ3v) is 4.00. The summed E-state index contributed by atoms with van der Waals surface area (Å²) in [6.07, 6.45) is 3.08. The second kappa shape index (κ2) is 7.51. The molecule has 22 heavy (non-hydrogen) atoms. The van der Waals surface area contributed by atoms with Gasteiger partial charge in [0.15, 0.2) is 0 Å². The molecule has 2 heterocycles. The maximum absolute atomic E-state index is 12.6. The van der Waals surface area contributed by atoms with Gasteiger partial charge in [-0.1, -0.05) is 0 Å². The van der Waals surface area contributed by atoms with Crippen molar-refractivity contribution in [2.45, 2.75) is 32.7 Å². The predicted molar refractivity (Wildman–Crippen MR) is 85.2 cm³/mol. The molecule has 1 aliphatic rings. The largest absolute Gasteiger partial charge is 0.338 e. The Labute approximate surface area is 135 Å². The van der Waals surface area contributed by atoms with Crippen LogP contribution in [-0.4, -0.2) is 39.8 Å². The summed E-state index contributed by atoms with van der Waals surface area (Å²) in [7, 11) is 0. The number of amides is 1. The van der Waals surface area contributed by atoms with Gasteiger partial charge in [0.05, 0.1) is 16.2 Å². The third-order valence-electron chi connectivity index (χ3n) is 4.00. The van der Waals surface area contributed by atoms with Crippen LogP contribution in [0.3, 0.4) is 0 Å². The standard InChI is InChI=1S/C14H20N4O3.ClH/c1-9(15)11-4-3-5-17(8-11)14(19)13-6-12(18(20)21)7-16-10(13)2;/h6-7,9,11H,3-5,8,15H2,1-2H3;1H. The SMILES string of the molecule is Cc1ncc([N+](=O)[O-])cc1C(=O)N1CCCC(C(C)N)C1.Cl. The molecule has 1 aromatic heterocycles. The fourth-order valence-corrected chi connectivity index (χ4v) is 2.63. The Morgan fingerprint density at radius 3 is 2.86 bits per heavy atom. The van der Waals surface area contributed by atoms with Crippen molar-refractivity contribution in [2.24, 2.45) is 11.7 Å². The number of aryl methyl sites for hydroxylation is 1. The highest BCUT2D eigenvalue weighted by atomic mass is 35.5. The van der Waals surface area contributed by atoms with Gasteiger partial charge in [-0.15, -0.1) is 12.4 Å². The van der Waals surface area contributed by atoms with E-state index in [9.17, 15) is 14.9 Å². The number of piperidine rings is 1. The van der Waals surface area contributed by atoms with E-state index in [2.05, 4.69) is 4.98 Å². The first-order valence-corrected chi connectivity index (χ1v) is 7.06. The van der Waals surface area contributed by atoms with Gasteiger partial charge in [-0.25, -0.2) is 0 Å². The number of hydrogen-bond acceptors (Lipinski definition) is 5. The number of likely N-dealkylation sites (tertiary alicyclic amines) is 1. The number of rotatable bonds is 3. The number of aromatic nitrogens is 1. The summed E-state index contributed by atoms with van der Waals surface area (Å²) in [6.45, 7) is 4.88. The van der Waals surface area contributed by atoms with Crippen molar-refractivity contribution >= 4 is 24.0 Å². The lowest BCUT2D eigenvalue weighted by Crippen LogP contribution is -2.45. The molecule has 1 fully saturated rings. The molecule has 1 amide bonds. The topological polar surface area (TPSA) is 102 Å². The third kappa shape index (κ3) is 3.92. The smallest absolute Gasteiger partial charge is 0.288 e. The zero-order chi connectivity index (χ0) is 15.6. The summed E-state index contributed by atoms with van der Waals surface area (Å²) in [4.78, 5) is 28.6. The predicted octanol–water partition coefficient (Wildman–Crippen LogP) is 1.92. The first kappa shape index (κ1) is 18.3. The summed E-state index contributed by atoms with van der Waals surface area (Å²) >= 11 is 0. The van der Waals surface area contributed by atoms with Crippen LogP contribution in [0.25, 0.3) is 0 Å². The average molecular weight is 329 g/mol. The van der Waals surface area contributed by atoms with Gasteiger partial charge in [-0.2, -0.15) is 0 Å². The number of pyridine rings is 1. The molecular weight excluding hydrogens is 308 g/mol. The molecule has 122 valence electrons. The Bertz CT molecular complexity index is 565. The molecule has 7 nitrogen and oxygen atoms in total. The zero-order valence-corrected chi connectivity index (χ0v) is 13.5. The summed E-state index contributed by atoms with van der Waals surface area (Å²) in [5, 5.41) is 10.8. The van der Waals surface area contributed by atoms with Gasteiger partial charge >= 0.3 is 0 Å². The number of hydrogen-bond donors (Lipinski definition) is 1. The Morgan fingerprint density at radius 1 is 1.59 bits per heavy atom. The van der Waals surface area contributed by atoms with E-state index in [1.165, 1.54) is 12.3 Å². The van der Waals surface area contributed by atoms with E-state index in [4.69, 9.17) is 5.73 Å². The second-order valence-corrected chi connectivity index (χ2v) is 5.60. The minimum Gasteiger partial charge on any atom is -0.338 e. The lowest BCUT2D eigenvalue weighted by molar-refractivity contribution is -0.385. The fraction of sp³-hybridized carbons (Fsp3) is 0.571. The summed E-state index contributed by atoms with van der Waals surface area (Å²) in [5.74, 6) is 0.0729. The monoisotopic (exact) mass is 328 g/mol. The molecule has 2 atom stereocenters. The molecule has 0 saturated carbocycles. The summed E-state index contributed by atoms with van der Waals surface area (Å²) < 4.78 is 0. The zero-order valence-electron chi connectivity index (χ0n) is 12.7. The molecule has 2 N–H and O–H groups in total. The van der Waals surface area contributed by atoms with Crippen molar-refractivity contribution in [2.75, 3.05) is 13.1 Å². The molecular formula is C14H21ClN4O3. The maximum atomic E-state index is 12.6. The van der Waals surface area contributed by atoms with Gasteiger partial charge < -0.3 is 10.6 Å². The quantitative estimate of drug-likeness (QED) is 0.674. The van der Waals surface area contributed by atoms with Crippen LogP contribution in [0.5, 0.6) is 0 Å². The Morgan fingerprint density at radius 2 is 2.27 bits per heavy atom. The van der Waals surface area contributed by atoms with E-state index in [1.54, 1.807) is 11.8 Å². The lowest BCUT2D eigenvalue weighted by atomic mass is 9.92. The molecule has 1 aromatic rings. The number of carbonyl (C=O) groups excluding carboxylic acids is 1. The minimum absolute atomic E-state index is 0. The molecule has 0 radical (unpaired) electrons. The highest BCUT2D eigenvalue weighted by Crippen LogP contribution is 2.22. The van der Waals surface area contributed by atoms with Crippen molar-refractivity contribution < 1.29 is 9.72 Å². The first-order valence-electron chi connectivity index (χ1n) is 7.06. The van der Waals surface area contributed by atoms with E-state index in [0.29, 0.717) is 24.3 Å². The molecule has 1 saturated heterocycles. The number of nitrogens with zero attached hydrogens (tertiary/aromatic N) is 3. The van der Waals surface area contributed by atoms with Crippen LogP contribution in [0.15, 0.2) is 12.3 Å². The van der Waals surface area contributed by atoms with Crippen LogP contribution < -0.4 is 5.73 Å². The van der Waals surface area contributed by atoms with E-state index >= 15 is 0 Å². The van der Waals surface area contributed by atoms with Gasteiger partial charge in [-0.05, 0) is 32.6 Å². The summed E-state index contributed by atoms with van der Waals surface area (Å²) in [6, 6.07) is 1.34. The van der Waals surface area contributed by atoms with Crippen molar-refractivity contribution in [3.63, 3.8) is 0 Å². The second-order valence-electron chi connectivity index (χ2n) is 5.60. The summed E-state index contributed by atoms with van der Waals surface area (Å²) in [5.41, 5.74) is 6.57. The molecule has 8 heteroatoms. The van der Waals surface area contributed by atoms with Gasteiger partial charge in [0.2, 0.25) is 0 Å². The lowest BCUT2D eigenvalue weighted by Gasteiger charge is -2.34. The number of carbonyl (C=O) groups is 1. The van der Waals surface area contributed by atoms with Crippen LogP contribution in [0.4, 0.5) is 5.69 Å². The van der Waals surface area contributed by atoms with Crippen LogP contribution in [0.1, 0.15) is 35.8 Å². The van der Waals surface area contributed by atoms with Crippen LogP contribution in [0.2, 0.25) is 0 Å². The van der Waals surface area contributed by atoms with Gasteiger partial charge in [0.25, 0.3) is 11.6 Å². The Kier molecular flexibility index (Phi) is 6.25. The molecule has 0 spiro atoms. The number of nitro groups is 1. The first-order chi connectivity index (χ1) is 9.90. The van der Waals surface area contributed by atoms with Gasteiger partial charge in [0, 0.05) is 25.2 Å². The van der Waals surface area contributed by atoms with Gasteiger partial charge in [-0.3, -0.25) is 19.9 Å². The van der Waals surface area contributed by atoms with Crippen molar-refractivity contribution in [1.82, 2.24) is 9.88 Å². The normalized spacial score (nSPS) is 19.2. The highest BCUT2D eigenvalue weighted by Gasteiger charge is 2.28. The fourth-order valence-electron chi connectivity index (χ4n) is 2.63. The number of nitrogens with two attached hydrogens (primary N) is 1. The minimum atomic E-state index is -0.538. The van der Waals surface area contributed by atoms with Crippen molar-refractivity contribution in [3.8, 4) is 0 Å². The Hall–Kier alpha value is -1.73. The van der Waals surface area contributed by atoms with Crippen molar-refractivity contribution in [1.29, 1.82) is 0 Å². The van der Waals surface area contributed by atoms with E-state index in [0.717, 1.165) is 12.8 Å². The van der Waals surface area contributed by atoms with Gasteiger partial charge in [0.1, 0.15) is 6.20 Å². The van der Waals surface area contributed by atoms with E-state index in [1.807, 2.05) is 6.92 Å². The molecule has 0 bridgehead atoms. The van der Waals surface area contributed by atoms with Crippen molar-refractivity contribution in [3.05, 3.63) is 33.6 Å². The molecule has 2 rings (SSSR count). The maximum Gasteiger partial charge on any atom is 0.288 e. The van der Waals surface area contributed by atoms with Crippen LogP contribution in [-0.2, 0) is 0 Å². The van der Waals surface area contributed by atoms with Crippen LogP contribution in [0, 0.1) is 23.0 Å². The highest BCUT2D eigenvalue weighted by molar-refractivity contribution is 5.95. The number of halogens is 1. The Balaban J connectivity index is 0.00000242. The molecule has 2 unspecified atom stereocenters. The van der Waals surface area contributed by atoms with E-state index < -0.39 is 4.92 Å². The molecule has 0 aromatic carbocycles. The van der Waals surface area contributed by atoms with E-state index in [-0.39, 0.29) is 36.0 Å².